The van der Waals surface area contributed by atoms with Gasteiger partial charge >= 0.3 is 0 Å². The molecule has 0 unspecified atom stereocenters. The van der Waals surface area contributed by atoms with Crippen LogP contribution in [0.5, 0.6) is 0 Å². The Labute approximate surface area is 152 Å². The Balaban J connectivity index is 1.43. The minimum absolute atomic E-state index is 0.183. The van der Waals surface area contributed by atoms with E-state index in [1.165, 1.54) is 17.2 Å². The first-order chi connectivity index (χ1) is 12.5. The average Bonchev–Trinajstić information content (AvgIpc) is 3.24. The summed E-state index contributed by atoms with van der Waals surface area (Å²) in [5.74, 6) is 1.26. The number of nitrogens with one attached hydrogen (secondary N) is 1. The van der Waals surface area contributed by atoms with Crippen molar-refractivity contribution in [1.82, 2.24) is 14.9 Å². The summed E-state index contributed by atoms with van der Waals surface area (Å²) in [4.78, 5) is 23.1. The second-order valence-electron chi connectivity index (χ2n) is 7.35. The number of hydrogen-bond donors (Lipinski definition) is 1. The van der Waals surface area contributed by atoms with Crippen LogP contribution in [-0.4, -0.2) is 27.8 Å². The van der Waals surface area contributed by atoms with E-state index in [0.717, 1.165) is 29.1 Å². The number of carbonyl (C=O) groups is 1. The summed E-state index contributed by atoms with van der Waals surface area (Å²) in [6.45, 7) is 5.36. The van der Waals surface area contributed by atoms with Crippen LogP contribution in [-0.2, 0) is 17.9 Å². The zero-order chi connectivity index (χ0) is 18.4. The van der Waals surface area contributed by atoms with Crippen molar-refractivity contribution < 1.29 is 9.18 Å². The maximum atomic E-state index is 13.0. The molecule has 1 aliphatic heterocycles. The van der Waals surface area contributed by atoms with Crippen LogP contribution in [0.2, 0.25) is 0 Å². The molecular weight excluding hydrogens is 331 g/mol. The van der Waals surface area contributed by atoms with Crippen LogP contribution in [0.3, 0.4) is 0 Å². The Bertz CT molecular complexity index is 865. The molecular formula is C20H23FN4O. The highest BCUT2D eigenvalue weighted by molar-refractivity contribution is 5.78. The first-order valence-corrected chi connectivity index (χ1v) is 9.03. The van der Waals surface area contributed by atoms with Crippen molar-refractivity contribution in [2.45, 2.75) is 45.7 Å². The van der Waals surface area contributed by atoms with Gasteiger partial charge in [0.1, 0.15) is 5.82 Å². The van der Waals surface area contributed by atoms with Gasteiger partial charge in [0.15, 0.2) is 0 Å². The SMILES string of the molecule is CNc1nc(C)c(C)c2c1CN(C(=O)C[C@@H]1C[C@H]1c1ccc(F)nc1)C2. The molecule has 0 spiro atoms. The van der Waals surface area contributed by atoms with Gasteiger partial charge in [-0.25, -0.2) is 9.97 Å². The van der Waals surface area contributed by atoms with Crippen molar-refractivity contribution in [3.8, 4) is 0 Å². The van der Waals surface area contributed by atoms with Crippen LogP contribution in [0.15, 0.2) is 18.3 Å². The molecule has 2 aromatic heterocycles. The Morgan fingerprint density at radius 3 is 2.77 bits per heavy atom. The molecule has 2 aliphatic rings. The van der Waals surface area contributed by atoms with E-state index in [1.807, 2.05) is 18.9 Å². The Morgan fingerprint density at radius 2 is 2.08 bits per heavy atom. The average molecular weight is 354 g/mol. The van der Waals surface area contributed by atoms with Gasteiger partial charge in [0.25, 0.3) is 0 Å². The summed E-state index contributed by atoms with van der Waals surface area (Å²) in [6, 6.07) is 3.17. The fraction of sp³-hybridized carbons (Fsp3) is 0.450. The number of amides is 1. The molecule has 3 heterocycles. The molecule has 5 nitrogen and oxygen atoms in total. The smallest absolute Gasteiger partial charge is 0.223 e. The summed E-state index contributed by atoms with van der Waals surface area (Å²) in [7, 11) is 1.87. The van der Waals surface area contributed by atoms with Crippen molar-refractivity contribution in [2.75, 3.05) is 12.4 Å². The number of pyridine rings is 2. The fourth-order valence-electron chi connectivity index (χ4n) is 3.95. The molecule has 0 saturated heterocycles. The van der Waals surface area contributed by atoms with Crippen molar-refractivity contribution in [3.05, 3.63) is 52.2 Å². The lowest BCUT2D eigenvalue weighted by atomic mass is 10.0. The molecule has 0 aromatic carbocycles. The van der Waals surface area contributed by atoms with Gasteiger partial charge in [-0.05, 0) is 54.9 Å². The third-order valence-corrected chi connectivity index (χ3v) is 5.75. The van der Waals surface area contributed by atoms with Crippen LogP contribution >= 0.6 is 0 Å². The summed E-state index contributed by atoms with van der Waals surface area (Å²) < 4.78 is 13.0. The monoisotopic (exact) mass is 354 g/mol. The van der Waals surface area contributed by atoms with Crippen LogP contribution < -0.4 is 5.32 Å². The summed E-state index contributed by atoms with van der Waals surface area (Å²) in [6.07, 6.45) is 3.10. The van der Waals surface area contributed by atoms with Crippen LogP contribution in [0.25, 0.3) is 0 Å². The minimum Gasteiger partial charge on any atom is -0.373 e. The second kappa shape index (κ2) is 6.34. The number of anilines is 1. The summed E-state index contributed by atoms with van der Waals surface area (Å²) in [5, 5.41) is 3.15. The maximum absolute atomic E-state index is 13.0. The maximum Gasteiger partial charge on any atom is 0.223 e. The number of nitrogens with zero attached hydrogens (tertiary/aromatic N) is 3. The number of halogens is 1. The first kappa shape index (κ1) is 16.9. The van der Waals surface area contributed by atoms with Crippen molar-refractivity contribution >= 4 is 11.7 Å². The number of hydrogen-bond acceptors (Lipinski definition) is 4. The molecule has 0 bridgehead atoms. The van der Waals surface area contributed by atoms with Gasteiger partial charge in [0.05, 0.1) is 0 Å². The van der Waals surface area contributed by atoms with Gasteiger partial charge in [-0.15, -0.1) is 0 Å². The largest absolute Gasteiger partial charge is 0.373 e. The topological polar surface area (TPSA) is 58.1 Å². The molecule has 1 aliphatic carbocycles. The highest BCUT2D eigenvalue weighted by Gasteiger charge is 2.41. The Morgan fingerprint density at radius 1 is 1.31 bits per heavy atom. The molecule has 2 aromatic rings. The van der Waals surface area contributed by atoms with E-state index < -0.39 is 5.95 Å². The zero-order valence-corrected chi connectivity index (χ0v) is 15.3. The molecule has 26 heavy (non-hydrogen) atoms. The molecule has 6 heteroatoms. The number of rotatable bonds is 4. The van der Waals surface area contributed by atoms with E-state index in [2.05, 4.69) is 22.2 Å². The van der Waals surface area contributed by atoms with E-state index in [-0.39, 0.29) is 5.91 Å². The predicted octanol–water partition coefficient (Wildman–Crippen LogP) is 3.31. The zero-order valence-electron chi connectivity index (χ0n) is 15.3. The van der Waals surface area contributed by atoms with Crippen LogP contribution in [0.1, 0.15) is 46.7 Å². The molecule has 1 N–H and O–H groups in total. The Hall–Kier alpha value is -2.50. The second-order valence-corrected chi connectivity index (χ2v) is 7.35. The molecule has 0 radical (unpaired) electrons. The van der Waals surface area contributed by atoms with Crippen LogP contribution in [0, 0.1) is 25.7 Å². The normalized spacial score (nSPS) is 20.8. The van der Waals surface area contributed by atoms with Crippen molar-refractivity contribution in [1.29, 1.82) is 0 Å². The quantitative estimate of drug-likeness (QED) is 0.856. The molecule has 136 valence electrons. The van der Waals surface area contributed by atoms with Gasteiger partial charge < -0.3 is 10.2 Å². The van der Waals surface area contributed by atoms with E-state index in [9.17, 15) is 9.18 Å². The molecule has 1 saturated carbocycles. The lowest BCUT2D eigenvalue weighted by Crippen LogP contribution is -2.25. The lowest BCUT2D eigenvalue weighted by molar-refractivity contribution is -0.132. The van der Waals surface area contributed by atoms with E-state index in [1.54, 1.807) is 12.3 Å². The van der Waals surface area contributed by atoms with Crippen molar-refractivity contribution in [3.63, 3.8) is 0 Å². The van der Waals surface area contributed by atoms with Gasteiger partial charge in [-0.1, -0.05) is 6.07 Å². The summed E-state index contributed by atoms with van der Waals surface area (Å²) in [5.41, 5.74) is 5.58. The van der Waals surface area contributed by atoms with E-state index in [4.69, 9.17) is 0 Å². The number of aromatic nitrogens is 2. The molecule has 2 atom stereocenters. The molecule has 1 fully saturated rings. The van der Waals surface area contributed by atoms with Gasteiger partial charge in [0.2, 0.25) is 11.9 Å². The fourth-order valence-corrected chi connectivity index (χ4v) is 3.95. The van der Waals surface area contributed by atoms with E-state index in [0.29, 0.717) is 31.3 Å². The van der Waals surface area contributed by atoms with Gasteiger partial charge in [-0.3, -0.25) is 4.79 Å². The standard InChI is InChI=1S/C20H23FN4O/c1-11-12(2)24-20(22-3)17-10-25(9-16(11)17)19(26)7-14-6-15(14)13-4-5-18(21)23-8-13/h4-5,8,14-15H,6-7,9-10H2,1-3H3,(H,22,24)/t14-,15-/m0/s1. The highest BCUT2D eigenvalue weighted by atomic mass is 19.1. The predicted molar refractivity (Wildman–Crippen MR) is 97.2 cm³/mol. The molecule has 4 rings (SSSR count). The minimum atomic E-state index is -0.462. The number of fused-ring (bicyclic) bond motifs is 1. The first-order valence-electron chi connectivity index (χ1n) is 9.03. The number of carbonyl (C=O) groups excluding carboxylic acids is 1. The Kier molecular flexibility index (Phi) is 4.13. The third-order valence-electron chi connectivity index (χ3n) is 5.75. The van der Waals surface area contributed by atoms with Crippen LogP contribution in [0.4, 0.5) is 10.2 Å². The molecule has 1 amide bonds. The number of aryl methyl sites for hydroxylation is 1. The summed E-state index contributed by atoms with van der Waals surface area (Å²) >= 11 is 0. The van der Waals surface area contributed by atoms with Crippen molar-refractivity contribution in [2.24, 2.45) is 5.92 Å². The van der Waals surface area contributed by atoms with Gasteiger partial charge in [0, 0.05) is 44.0 Å². The highest BCUT2D eigenvalue weighted by Crippen LogP contribution is 2.49. The van der Waals surface area contributed by atoms with E-state index >= 15 is 0 Å². The third kappa shape index (κ3) is 2.93. The van der Waals surface area contributed by atoms with Gasteiger partial charge in [-0.2, -0.15) is 4.39 Å². The lowest BCUT2D eigenvalue weighted by Gasteiger charge is -2.15.